The molecule has 0 aliphatic heterocycles. The molecule has 1 unspecified atom stereocenters. The molecule has 1 rings (SSSR count). The lowest BCUT2D eigenvalue weighted by molar-refractivity contribution is -0.201. The van der Waals surface area contributed by atoms with Crippen molar-refractivity contribution in [3.05, 3.63) is 33.3 Å². The third-order valence-electron chi connectivity index (χ3n) is 2.01. The van der Waals surface area contributed by atoms with E-state index < -0.39 is 24.7 Å². The molecule has 0 saturated carbocycles. The van der Waals surface area contributed by atoms with Crippen LogP contribution in [-0.2, 0) is 0 Å². The van der Waals surface area contributed by atoms with Crippen LogP contribution >= 0.6 is 27.5 Å². The number of nitrogens with one attached hydrogen (secondary N) is 1. The van der Waals surface area contributed by atoms with Crippen LogP contribution in [0, 0.1) is 0 Å². The number of amides is 1. The number of aliphatic hydroxyl groups is 1. The number of benzene rings is 1. The zero-order valence-electron chi connectivity index (χ0n) is 8.76. The minimum Gasteiger partial charge on any atom is -0.382 e. The number of aliphatic hydroxyl groups excluding tert-OH is 1. The molecule has 0 fully saturated rings. The minimum absolute atomic E-state index is 0.0363. The van der Waals surface area contributed by atoms with Crippen LogP contribution in [0.5, 0.6) is 0 Å². The van der Waals surface area contributed by atoms with Crippen molar-refractivity contribution in [2.45, 2.75) is 12.3 Å². The summed E-state index contributed by atoms with van der Waals surface area (Å²) >= 11 is 8.88. The molecule has 0 heterocycles. The van der Waals surface area contributed by atoms with Gasteiger partial charge in [0.05, 0.1) is 17.1 Å². The number of hydrogen-bond acceptors (Lipinski definition) is 2. The molecular formula is C10H8BrClF3NO2. The van der Waals surface area contributed by atoms with E-state index in [2.05, 4.69) is 15.9 Å². The highest BCUT2D eigenvalue weighted by molar-refractivity contribution is 9.10. The van der Waals surface area contributed by atoms with Gasteiger partial charge in [0.15, 0.2) is 6.10 Å². The number of hydrogen-bond donors (Lipinski definition) is 2. The normalized spacial score (nSPS) is 13.2. The first-order chi connectivity index (χ1) is 8.21. The summed E-state index contributed by atoms with van der Waals surface area (Å²) in [7, 11) is 0. The summed E-state index contributed by atoms with van der Waals surface area (Å²) < 4.78 is 36.6. The Balaban J connectivity index is 2.66. The van der Waals surface area contributed by atoms with Crippen LogP contribution in [0.4, 0.5) is 13.2 Å². The predicted octanol–water partition coefficient (Wildman–Crippen LogP) is 2.76. The third-order valence-corrected chi connectivity index (χ3v) is 2.82. The van der Waals surface area contributed by atoms with Gasteiger partial charge in [-0.25, -0.2) is 0 Å². The summed E-state index contributed by atoms with van der Waals surface area (Å²) in [5.74, 6) is -0.782. The van der Waals surface area contributed by atoms with Crippen LogP contribution < -0.4 is 5.32 Å². The fraction of sp³-hybridized carbons (Fsp3) is 0.300. The highest BCUT2D eigenvalue weighted by Crippen LogP contribution is 2.22. The Hall–Kier alpha value is -0.790. The standard InChI is InChI=1S/C10H8BrClF3NO2/c11-5-1-2-6(7(12)3-5)9(18)16-4-8(17)10(13,14)15/h1-3,8,17H,4H2,(H,16,18). The summed E-state index contributed by atoms with van der Waals surface area (Å²) in [6.07, 6.45) is -7.37. The van der Waals surface area contributed by atoms with Gasteiger partial charge >= 0.3 is 6.18 Å². The summed E-state index contributed by atoms with van der Waals surface area (Å²) in [4.78, 5) is 11.5. The number of alkyl halides is 3. The van der Waals surface area contributed by atoms with Crippen LogP contribution in [0.15, 0.2) is 22.7 Å². The van der Waals surface area contributed by atoms with Crippen molar-refractivity contribution in [3.8, 4) is 0 Å². The van der Waals surface area contributed by atoms with Gasteiger partial charge in [0.25, 0.3) is 5.91 Å². The maximum absolute atomic E-state index is 12.0. The number of carbonyl (C=O) groups excluding carboxylic acids is 1. The second-order valence-corrected chi connectivity index (χ2v) is 4.71. The van der Waals surface area contributed by atoms with E-state index in [9.17, 15) is 18.0 Å². The van der Waals surface area contributed by atoms with Gasteiger partial charge in [0.1, 0.15) is 0 Å². The second kappa shape index (κ2) is 5.90. The molecule has 0 aromatic heterocycles. The maximum Gasteiger partial charge on any atom is 0.416 e. The molecule has 1 aromatic rings. The molecule has 18 heavy (non-hydrogen) atoms. The van der Waals surface area contributed by atoms with Gasteiger partial charge < -0.3 is 10.4 Å². The van der Waals surface area contributed by atoms with Crippen LogP contribution in [0.25, 0.3) is 0 Å². The average molecular weight is 347 g/mol. The van der Waals surface area contributed by atoms with Gasteiger partial charge in [0.2, 0.25) is 0 Å². The topological polar surface area (TPSA) is 49.3 Å². The molecule has 1 atom stereocenters. The van der Waals surface area contributed by atoms with Crippen molar-refractivity contribution in [1.29, 1.82) is 0 Å². The average Bonchev–Trinajstić information content (AvgIpc) is 2.24. The Labute approximate surface area is 114 Å². The Kier molecular flexibility index (Phi) is 5.01. The second-order valence-electron chi connectivity index (χ2n) is 3.39. The monoisotopic (exact) mass is 345 g/mol. The van der Waals surface area contributed by atoms with Crippen molar-refractivity contribution in [1.82, 2.24) is 5.32 Å². The molecule has 0 spiro atoms. The summed E-state index contributed by atoms with van der Waals surface area (Å²) in [5, 5.41) is 10.8. The number of carbonyl (C=O) groups is 1. The maximum atomic E-state index is 12.0. The summed E-state index contributed by atoms with van der Waals surface area (Å²) in [5.41, 5.74) is 0.0363. The largest absolute Gasteiger partial charge is 0.416 e. The molecule has 3 nitrogen and oxygen atoms in total. The lowest BCUT2D eigenvalue weighted by Crippen LogP contribution is -2.40. The Morgan fingerprint density at radius 2 is 2.11 bits per heavy atom. The van der Waals surface area contributed by atoms with E-state index in [1.165, 1.54) is 18.2 Å². The van der Waals surface area contributed by atoms with E-state index in [4.69, 9.17) is 16.7 Å². The Morgan fingerprint density at radius 3 is 2.61 bits per heavy atom. The smallest absolute Gasteiger partial charge is 0.382 e. The van der Waals surface area contributed by atoms with E-state index in [-0.39, 0.29) is 10.6 Å². The van der Waals surface area contributed by atoms with Gasteiger partial charge in [-0.05, 0) is 18.2 Å². The van der Waals surface area contributed by atoms with Gasteiger partial charge in [0, 0.05) is 4.47 Å². The molecule has 0 radical (unpaired) electrons. The van der Waals surface area contributed by atoms with Gasteiger partial charge in [-0.1, -0.05) is 27.5 Å². The van der Waals surface area contributed by atoms with Crippen LogP contribution in [0.2, 0.25) is 5.02 Å². The fourth-order valence-corrected chi connectivity index (χ4v) is 1.83. The van der Waals surface area contributed by atoms with E-state index in [0.29, 0.717) is 4.47 Å². The third kappa shape index (κ3) is 4.15. The molecule has 2 N–H and O–H groups in total. The molecule has 1 amide bonds. The van der Waals surface area contributed by atoms with Gasteiger partial charge in [-0.3, -0.25) is 4.79 Å². The van der Waals surface area contributed by atoms with Crippen molar-refractivity contribution in [2.24, 2.45) is 0 Å². The molecule has 8 heteroatoms. The van der Waals surface area contributed by atoms with Gasteiger partial charge in [-0.15, -0.1) is 0 Å². The molecule has 0 aliphatic carbocycles. The van der Waals surface area contributed by atoms with E-state index in [0.717, 1.165) is 0 Å². The summed E-state index contributed by atoms with van der Waals surface area (Å²) in [6, 6.07) is 4.33. The van der Waals surface area contributed by atoms with Crippen LogP contribution in [0.3, 0.4) is 0 Å². The van der Waals surface area contributed by atoms with Crippen molar-refractivity contribution < 1.29 is 23.1 Å². The van der Waals surface area contributed by atoms with Crippen molar-refractivity contribution in [3.63, 3.8) is 0 Å². The van der Waals surface area contributed by atoms with Crippen molar-refractivity contribution in [2.75, 3.05) is 6.54 Å². The highest BCUT2D eigenvalue weighted by atomic mass is 79.9. The zero-order valence-corrected chi connectivity index (χ0v) is 11.1. The Morgan fingerprint density at radius 1 is 1.50 bits per heavy atom. The molecule has 0 saturated heterocycles. The number of halogens is 5. The van der Waals surface area contributed by atoms with E-state index in [1.807, 2.05) is 5.32 Å². The first-order valence-corrected chi connectivity index (χ1v) is 5.87. The fourth-order valence-electron chi connectivity index (χ4n) is 1.07. The lowest BCUT2D eigenvalue weighted by Gasteiger charge is -2.15. The van der Waals surface area contributed by atoms with E-state index >= 15 is 0 Å². The van der Waals surface area contributed by atoms with Gasteiger partial charge in [-0.2, -0.15) is 13.2 Å². The van der Waals surface area contributed by atoms with E-state index in [1.54, 1.807) is 0 Å². The first-order valence-electron chi connectivity index (χ1n) is 4.70. The molecular weight excluding hydrogens is 338 g/mol. The molecule has 1 aromatic carbocycles. The molecule has 100 valence electrons. The Bertz CT molecular complexity index is 453. The SMILES string of the molecule is O=C(NCC(O)C(F)(F)F)c1ccc(Br)cc1Cl. The summed E-state index contributed by atoms with van der Waals surface area (Å²) in [6.45, 7) is -0.922. The quantitative estimate of drug-likeness (QED) is 0.884. The lowest BCUT2D eigenvalue weighted by atomic mass is 10.2. The molecule has 0 bridgehead atoms. The zero-order chi connectivity index (χ0) is 13.9. The first kappa shape index (κ1) is 15.3. The van der Waals surface area contributed by atoms with Crippen LogP contribution in [0.1, 0.15) is 10.4 Å². The minimum atomic E-state index is -4.77. The van der Waals surface area contributed by atoms with Crippen LogP contribution in [-0.4, -0.2) is 29.8 Å². The van der Waals surface area contributed by atoms with Crippen molar-refractivity contribution >= 4 is 33.4 Å². The highest BCUT2D eigenvalue weighted by Gasteiger charge is 2.38. The predicted molar refractivity (Wildman–Crippen MR) is 63.5 cm³/mol. The molecule has 0 aliphatic rings. The number of rotatable bonds is 3.